The van der Waals surface area contributed by atoms with E-state index < -0.39 is 5.60 Å². The number of hydrogen-bond acceptors (Lipinski definition) is 4. The van der Waals surface area contributed by atoms with Crippen molar-refractivity contribution >= 4 is 5.96 Å². The Balaban J connectivity index is 2.01. The number of aryl methyl sites for hydroxylation is 2. The van der Waals surface area contributed by atoms with Gasteiger partial charge in [0.05, 0.1) is 19.2 Å². The summed E-state index contributed by atoms with van der Waals surface area (Å²) in [6.45, 7) is 13.1. The molecule has 0 saturated carbocycles. The van der Waals surface area contributed by atoms with Gasteiger partial charge in [-0.3, -0.25) is 0 Å². The van der Waals surface area contributed by atoms with E-state index in [1.54, 1.807) is 6.92 Å². The van der Waals surface area contributed by atoms with Crippen LogP contribution < -0.4 is 15.4 Å². The predicted molar refractivity (Wildman–Crippen MR) is 113 cm³/mol. The number of nitrogens with one attached hydrogen (secondary N) is 2. The van der Waals surface area contributed by atoms with Crippen LogP contribution in [0.5, 0.6) is 5.75 Å². The molecule has 0 amide bonds. The SMILES string of the molecule is CCNC(=NCc1ccc(OC(C)C)cc1)NCC(C)(O)c1cc(C)oc1C. The molecule has 1 heterocycles. The highest BCUT2D eigenvalue weighted by atomic mass is 16.5. The lowest BCUT2D eigenvalue weighted by Gasteiger charge is -2.24. The highest BCUT2D eigenvalue weighted by molar-refractivity contribution is 5.79. The van der Waals surface area contributed by atoms with Crippen LogP contribution in [-0.2, 0) is 12.1 Å². The summed E-state index contributed by atoms with van der Waals surface area (Å²) in [5, 5.41) is 17.3. The number of hydrogen-bond donors (Lipinski definition) is 3. The monoisotopic (exact) mass is 387 g/mol. The first kappa shape index (κ1) is 21.8. The van der Waals surface area contributed by atoms with Gasteiger partial charge < -0.3 is 24.9 Å². The van der Waals surface area contributed by atoms with Gasteiger partial charge in [0.2, 0.25) is 0 Å². The van der Waals surface area contributed by atoms with E-state index in [4.69, 9.17) is 9.15 Å². The van der Waals surface area contributed by atoms with Crippen LogP contribution in [0.4, 0.5) is 0 Å². The zero-order valence-electron chi connectivity index (χ0n) is 17.8. The smallest absolute Gasteiger partial charge is 0.191 e. The molecule has 6 nitrogen and oxygen atoms in total. The molecule has 3 N–H and O–H groups in total. The fourth-order valence-electron chi connectivity index (χ4n) is 2.97. The molecule has 1 aromatic carbocycles. The number of aliphatic hydroxyl groups is 1. The van der Waals surface area contributed by atoms with Crippen molar-refractivity contribution in [2.24, 2.45) is 4.99 Å². The topological polar surface area (TPSA) is 79.0 Å². The third-order valence-corrected chi connectivity index (χ3v) is 4.28. The van der Waals surface area contributed by atoms with Crippen molar-refractivity contribution in [1.82, 2.24) is 10.6 Å². The lowest BCUT2D eigenvalue weighted by molar-refractivity contribution is 0.0601. The quantitative estimate of drug-likeness (QED) is 0.476. The van der Waals surface area contributed by atoms with Gasteiger partial charge in [-0.25, -0.2) is 4.99 Å². The lowest BCUT2D eigenvalue weighted by Crippen LogP contribution is -2.44. The minimum atomic E-state index is -1.06. The first-order chi connectivity index (χ1) is 13.2. The third-order valence-electron chi connectivity index (χ3n) is 4.28. The minimum absolute atomic E-state index is 0.156. The first-order valence-electron chi connectivity index (χ1n) is 9.79. The summed E-state index contributed by atoms with van der Waals surface area (Å²) in [4.78, 5) is 4.62. The van der Waals surface area contributed by atoms with Gasteiger partial charge in [0, 0.05) is 12.1 Å². The van der Waals surface area contributed by atoms with Crippen molar-refractivity contribution in [2.75, 3.05) is 13.1 Å². The molecule has 0 aliphatic carbocycles. The van der Waals surface area contributed by atoms with Crippen LogP contribution in [-0.4, -0.2) is 30.3 Å². The average Bonchev–Trinajstić information content (AvgIpc) is 2.97. The molecule has 2 aromatic rings. The Morgan fingerprint density at radius 3 is 2.43 bits per heavy atom. The molecule has 0 spiro atoms. The molecule has 0 bridgehead atoms. The van der Waals surface area contributed by atoms with Gasteiger partial charge in [-0.1, -0.05) is 12.1 Å². The summed E-state index contributed by atoms with van der Waals surface area (Å²) < 4.78 is 11.2. The van der Waals surface area contributed by atoms with Gasteiger partial charge in [-0.05, 0) is 65.3 Å². The average molecular weight is 388 g/mol. The van der Waals surface area contributed by atoms with E-state index in [0.717, 1.165) is 34.9 Å². The maximum Gasteiger partial charge on any atom is 0.191 e. The van der Waals surface area contributed by atoms with Crippen molar-refractivity contribution < 1.29 is 14.3 Å². The van der Waals surface area contributed by atoms with E-state index in [1.807, 2.05) is 65.0 Å². The Bertz CT molecular complexity index is 777. The molecule has 0 aliphatic heterocycles. The Morgan fingerprint density at radius 1 is 1.21 bits per heavy atom. The summed E-state index contributed by atoms with van der Waals surface area (Å²) in [6.07, 6.45) is 0.156. The van der Waals surface area contributed by atoms with E-state index in [9.17, 15) is 5.11 Å². The molecule has 1 aromatic heterocycles. The van der Waals surface area contributed by atoms with Crippen LogP contribution in [0.1, 0.15) is 50.3 Å². The lowest BCUT2D eigenvalue weighted by atomic mass is 9.96. The van der Waals surface area contributed by atoms with Crippen LogP contribution in [0.2, 0.25) is 0 Å². The molecule has 0 radical (unpaired) electrons. The van der Waals surface area contributed by atoms with Gasteiger partial charge in [0.15, 0.2) is 5.96 Å². The molecule has 28 heavy (non-hydrogen) atoms. The molecule has 154 valence electrons. The fraction of sp³-hybridized carbons (Fsp3) is 0.500. The largest absolute Gasteiger partial charge is 0.491 e. The fourth-order valence-corrected chi connectivity index (χ4v) is 2.97. The second-order valence-corrected chi connectivity index (χ2v) is 7.46. The van der Waals surface area contributed by atoms with E-state index in [2.05, 4.69) is 15.6 Å². The van der Waals surface area contributed by atoms with Gasteiger partial charge in [-0.15, -0.1) is 0 Å². The van der Waals surface area contributed by atoms with E-state index >= 15 is 0 Å². The van der Waals surface area contributed by atoms with Crippen LogP contribution in [0, 0.1) is 13.8 Å². The number of aliphatic imine (C=N–C) groups is 1. The molecule has 0 aliphatic rings. The number of rotatable bonds is 8. The molecule has 2 rings (SSSR count). The maximum atomic E-state index is 10.9. The molecule has 1 unspecified atom stereocenters. The summed E-state index contributed by atoms with van der Waals surface area (Å²) >= 11 is 0. The third kappa shape index (κ3) is 6.30. The Hall–Kier alpha value is -2.47. The highest BCUT2D eigenvalue weighted by Crippen LogP contribution is 2.26. The first-order valence-corrected chi connectivity index (χ1v) is 9.79. The van der Waals surface area contributed by atoms with Crippen LogP contribution in [0.3, 0.4) is 0 Å². The predicted octanol–water partition coefficient (Wildman–Crippen LogP) is 3.65. The summed E-state index contributed by atoms with van der Waals surface area (Å²) in [5.74, 6) is 3.03. The van der Waals surface area contributed by atoms with Crippen LogP contribution in [0.25, 0.3) is 0 Å². The number of guanidine groups is 1. The van der Waals surface area contributed by atoms with Gasteiger partial charge >= 0.3 is 0 Å². The van der Waals surface area contributed by atoms with E-state index in [-0.39, 0.29) is 6.10 Å². The maximum absolute atomic E-state index is 10.9. The summed E-state index contributed by atoms with van der Waals surface area (Å²) in [5.41, 5.74) is 0.809. The molecule has 1 atom stereocenters. The number of furan rings is 1. The van der Waals surface area contributed by atoms with E-state index in [1.165, 1.54) is 0 Å². The zero-order chi connectivity index (χ0) is 20.7. The van der Waals surface area contributed by atoms with Crippen molar-refractivity contribution in [2.45, 2.75) is 59.8 Å². The Labute approximate surface area is 168 Å². The van der Waals surface area contributed by atoms with Crippen LogP contribution in [0.15, 0.2) is 39.7 Å². The highest BCUT2D eigenvalue weighted by Gasteiger charge is 2.27. The summed E-state index contributed by atoms with van der Waals surface area (Å²) in [6, 6.07) is 9.82. The second-order valence-electron chi connectivity index (χ2n) is 7.46. The Morgan fingerprint density at radius 2 is 1.89 bits per heavy atom. The number of ether oxygens (including phenoxy) is 1. The molecule has 0 saturated heterocycles. The zero-order valence-corrected chi connectivity index (χ0v) is 17.8. The standard InChI is InChI=1S/C22H33N3O3/c1-7-23-21(24-13-18-8-10-19(11-9-18)27-15(2)3)25-14-22(6,26)20-12-16(4)28-17(20)5/h8-12,15,26H,7,13-14H2,1-6H3,(H2,23,24,25). The van der Waals surface area contributed by atoms with Crippen molar-refractivity contribution in [3.63, 3.8) is 0 Å². The minimum Gasteiger partial charge on any atom is -0.491 e. The Kier molecular flexibility index (Phi) is 7.52. The van der Waals surface area contributed by atoms with Crippen molar-refractivity contribution in [1.29, 1.82) is 0 Å². The van der Waals surface area contributed by atoms with Gasteiger partial charge in [0.1, 0.15) is 22.9 Å². The van der Waals surface area contributed by atoms with Gasteiger partial charge in [0.25, 0.3) is 0 Å². The summed E-state index contributed by atoms with van der Waals surface area (Å²) in [7, 11) is 0. The molecule has 6 heteroatoms. The normalized spacial score (nSPS) is 14.1. The number of nitrogens with zero attached hydrogens (tertiary/aromatic N) is 1. The second kappa shape index (κ2) is 9.64. The van der Waals surface area contributed by atoms with Crippen molar-refractivity contribution in [3.05, 3.63) is 53.0 Å². The molecular weight excluding hydrogens is 354 g/mol. The molecule has 0 fully saturated rings. The van der Waals surface area contributed by atoms with Crippen LogP contribution >= 0.6 is 0 Å². The molecular formula is C22H33N3O3. The van der Waals surface area contributed by atoms with Gasteiger partial charge in [-0.2, -0.15) is 0 Å². The van der Waals surface area contributed by atoms with E-state index in [0.29, 0.717) is 19.0 Å². The number of benzene rings is 1. The van der Waals surface area contributed by atoms with Crippen molar-refractivity contribution in [3.8, 4) is 5.75 Å².